The Morgan fingerprint density at radius 1 is 0.284 bits per heavy atom. The Morgan fingerprint density at radius 2 is 0.493 bits per heavy atom. The Labute approximate surface area is 418 Å². The van der Waals surface area contributed by atoms with E-state index in [1.807, 2.05) is 0 Å². The van der Waals surface area contributed by atoms with Crippen LogP contribution in [0.1, 0.15) is 349 Å². The van der Waals surface area contributed by atoms with Gasteiger partial charge in [0.1, 0.15) is 13.2 Å². The molecule has 0 N–H and O–H groups in total. The van der Waals surface area contributed by atoms with Crippen LogP contribution in [0.15, 0.2) is 0 Å². The molecule has 0 aliphatic rings. The molecule has 0 aliphatic heterocycles. The number of rotatable bonds is 56. The fraction of sp³-hybridized carbons (Fsp3) is 0.951. The first-order valence-electron chi connectivity index (χ1n) is 30.4. The maximum atomic E-state index is 12.8. The van der Waals surface area contributed by atoms with Gasteiger partial charge in [-0.1, -0.05) is 310 Å². The largest absolute Gasteiger partial charge is 0.462 e. The topological polar surface area (TPSA) is 78.9 Å². The van der Waals surface area contributed by atoms with Crippen molar-refractivity contribution in [2.45, 2.75) is 355 Å². The fourth-order valence-corrected chi connectivity index (χ4v) is 9.46. The lowest BCUT2D eigenvalue weighted by Crippen LogP contribution is -2.30. The van der Waals surface area contributed by atoms with Crippen molar-refractivity contribution in [3.05, 3.63) is 0 Å². The number of carbonyl (C=O) groups is 3. The van der Waals surface area contributed by atoms with Crippen molar-refractivity contribution in [1.29, 1.82) is 0 Å². The van der Waals surface area contributed by atoms with E-state index in [-0.39, 0.29) is 31.1 Å². The van der Waals surface area contributed by atoms with Crippen LogP contribution in [-0.4, -0.2) is 37.2 Å². The van der Waals surface area contributed by atoms with Gasteiger partial charge in [-0.15, -0.1) is 0 Å². The van der Waals surface area contributed by atoms with Crippen LogP contribution in [-0.2, 0) is 28.6 Å². The van der Waals surface area contributed by atoms with Crippen LogP contribution >= 0.6 is 0 Å². The third-order valence-corrected chi connectivity index (χ3v) is 14.0. The number of hydrogen-bond acceptors (Lipinski definition) is 6. The van der Waals surface area contributed by atoms with Gasteiger partial charge in [-0.3, -0.25) is 14.4 Å². The molecule has 0 heterocycles. The normalized spacial score (nSPS) is 12.0. The molecular weight excluding hydrogens is 829 g/mol. The number of hydrogen-bond donors (Lipinski definition) is 0. The minimum atomic E-state index is -0.762. The average Bonchev–Trinajstić information content (AvgIpc) is 3.31. The summed E-state index contributed by atoms with van der Waals surface area (Å²) in [5.41, 5.74) is 0. The average molecular weight is 948 g/mol. The highest BCUT2D eigenvalue weighted by Crippen LogP contribution is 2.18. The second-order valence-corrected chi connectivity index (χ2v) is 21.5. The van der Waals surface area contributed by atoms with Gasteiger partial charge < -0.3 is 14.2 Å². The third kappa shape index (κ3) is 55.2. The Morgan fingerprint density at radius 3 is 0.731 bits per heavy atom. The lowest BCUT2D eigenvalue weighted by atomic mass is 10.0. The van der Waals surface area contributed by atoms with Crippen LogP contribution in [0, 0.1) is 5.92 Å². The molecule has 67 heavy (non-hydrogen) atoms. The smallest absolute Gasteiger partial charge is 0.306 e. The third-order valence-electron chi connectivity index (χ3n) is 14.0. The first-order chi connectivity index (χ1) is 32.9. The Hall–Kier alpha value is -1.59. The van der Waals surface area contributed by atoms with Gasteiger partial charge in [0.05, 0.1) is 0 Å². The van der Waals surface area contributed by atoms with Crippen LogP contribution in [0.25, 0.3) is 0 Å². The van der Waals surface area contributed by atoms with Crippen molar-refractivity contribution in [2.24, 2.45) is 5.92 Å². The molecular formula is C61H118O6. The summed E-state index contributed by atoms with van der Waals surface area (Å²) >= 11 is 0. The lowest BCUT2D eigenvalue weighted by Gasteiger charge is -2.18. The monoisotopic (exact) mass is 947 g/mol. The standard InChI is InChI=1S/C61H118O6/c1-5-7-9-11-13-15-17-19-21-23-24-26-28-30-32-37-41-45-49-53-60(63)66-56-58(67-61(64)54-50-46-42-38-34-33-35-39-43-47-51-57(3)4)55-65-59(62)52-48-44-40-36-31-29-27-25-22-20-18-16-14-12-10-8-6-2/h57-58H,5-56H2,1-4H3/t58-/m0/s1. The molecule has 0 amide bonds. The molecule has 0 rings (SSSR count). The van der Waals surface area contributed by atoms with Gasteiger partial charge in [0, 0.05) is 19.3 Å². The maximum absolute atomic E-state index is 12.8. The van der Waals surface area contributed by atoms with Gasteiger partial charge in [-0.2, -0.15) is 0 Å². The van der Waals surface area contributed by atoms with Crippen molar-refractivity contribution >= 4 is 17.9 Å². The van der Waals surface area contributed by atoms with E-state index in [0.717, 1.165) is 63.7 Å². The van der Waals surface area contributed by atoms with Gasteiger partial charge in [0.15, 0.2) is 6.10 Å². The van der Waals surface area contributed by atoms with Gasteiger partial charge in [-0.05, 0) is 25.2 Å². The molecule has 0 fully saturated rings. The van der Waals surface area contributed by atoms with Crippen LogP contribution < -0.4 is 0 Å². The van der Waals surface area contributed by atoms with E-state index < -0.39 is 6.10 Å². The molecule has 6 nitrogen and oxygen atoms in total. The molecule has 0 bridgehead atoms. The van der Waals surface area contributed by atoms with E-state index >= 15 is 0 Å². The van der Waals surface area contributed by atoms with E-state index in [0.29, 0.717) is 19.3 Å². The summed E-state index contributed by atoms with van der Waals surface area (Å²) in [6, 6.07) is 0. The molecule has 0 saturated carbocycles. The Balaban J connectivity index is 4.25. The van der Waals surface area contributed by atoms with E-state index in [9.17, 15) is 14.4 Å². The molecule has 398 valence electrons. The molecule has 0 aromatic heterocycles. The van der Waals surface area contributed by atoms with Crippen LogP contribution in [0.5, 0.6) is 0 Å². The zero-order valence-electron chi connectivity index (χ0n) is 45.9. The molecule has 0 radical (unpaired) electrons. The van der Waals surface area contributed by atoms with E-state index in [1.165, 1.54) is 244 Å². The molecule has 0 aromatic carbocycles. The molecule has 0 spiro atoms. The predicted octanol–water partition coefficient (Wildman–Crippen LogP) is 20.2. The van der Waals surface area contributed by atoms with Crippen LogP contribution in [0.3, 0.4) is 0 Å². The predicted molar refractivity (Wildman–Crippen MR) is 289 cm³/mol. The van der Waals surface area contributed by atoms with E-state index in [2.05, 4.69) is 27.7 Å². The SMILES string of the molecule is CCCCCCCCCCCCCCCCCCCCCC(=O)OC[C@H](COC(=O)CCCCCCCCCCCCCCCCCCC)OC(=O)CCCCCCCCCCCCC(C)C. The number of unbranched alkanes of at least 4 members (excludes halogenated alkanes) is 43. The Kier molecular flexibility index (Phi) is 54.0. The molecule has 0 saturated heterocycles. The number of carbonyl (C=O) groups excluding carboxylic acids is 3. The van der Waals surface area contributed by atoms with Gasteiger partial charge >= 0.3 is 17.9 Å². The van der Waals surface area contributed by atoms with Gasteiger partial charge in [0.2, 0.25) is 0 Å². The van der Waals surface area contributed by atoms with Crippen molar-refractivity contribution in [2.75, 3.05) is 13.2 Å². The maximum Gasteiger partial charge on any atom is 0.306 e. The highest BCUT2D eigenvalue weighted by atomic mass is 16.6. The summed E-state index contributed by atoms with van der Waals surface area (Å²) < 4.78 is 16.9. The lowest BCUT2D eigenvalue weighted by molar-refractivity contribution is -0.167. The minimum absolute atomic E-state index is 0.0619. The second-order valence-electron chi connectivity index (χ2n) is 21.5. The van der Waals surface area contributed by atoms with E-state index in [4.69, 9.17) is 14.2 Å². The summed E-state index contributed by atoms with van der Waals surface area (Å²) in [5.74, 6) is -0.0173. The zero-order chi connectivity index (χ0) is 48.8. The molecule has 6 heteroatoms. The molecule has 0 aromatic rings. The van der Waals surface area contributed by atoms with Crippen molar-refractivity contribution < 1.29 is 28.6 Å². The highest BCUT2D eigenvalue weighted by molar-refractivity contribution is 5.71. The first kappa shape index (κ1) is 65.4. The van der Waals surface area contributed by atoms with Gasteiger partial charge in [-0.25, -0.2) is 0 Å². The minimum Gasteiger partial charge on any atom is -0.462 e. The Bertz CT molecular complexity index is 1010. The van der Waals surface area contributed by atoms with Crippen LogP contribution in [0.4, 0.5) is 0 Å². The summed E-state index contributed by atoms with van der Waals surface area (Å²) in [6.45, 7) is 9.06. The summed E-state index contributed by atoms with van der Waals surface area (Å²) in [7, 11) is 0. The summed E-state index contributed by atoms with van der Waals surface area (Å²) in [5, 5.41) is 0. The molecule has 0 unspecified atom stereocenters. The number of ether oxygens (including phenoxy) is 3. The summed E-state index contributed by atoms with van der Waals surface area (Å²) in [4.78, 5) is 38.2. The molecule has 1 atom stereocenters. The number of esters is 3. The highest BCUT2D eigenvalue weighted by Gasteiger charge is 2.19. The van der Waals surface area contributed by atoms with Crippen molar-refractivity contribution in [3.8, 4) is 0 Å². The summed E-state index contributed by atoms with van der Waals surface area (Å²) in [6.07, 6.45) is 61.0. The molecule has 0 aliphatic carbocycles. The quantitative estimate of drug-likeness (QED) is 0.0343. The first-order valence-corrected chi connectivity index (χ1v) is 30.4. The van der Waals surface area contributed by atoms with Crippen molar-refractivity contribution in [3.63, 3.8) is 0 Å². The van der Waals surface area contributed by atoms with E-state index in [1.54, 1.807) is 0 Å². The zero-order valence-corrected chi connectivity index (χ0v) is 45.9. The van der Waals surface area contributed by atoms with Crippen molar-refractivity contribution in [1.82, 2.24) is 0 Å². The second kappa shape index (κ2) is 55.3. The fourth-order valence-electron chi connectivity index (χ4n) is 9.46. The van der Waals surface area contributed by atoms with Gasteiger partial charge in [0.25, 0.3) is 0 Å². The van der Waals surface area contributed by atoms with Crippen LogP contribution in [0.2, 0.25) is 0 Å².